The van der Waals surface area contributed by atoms with Crippen molar-refractivity contribution in [3.8, 4) is 0 Å². The molecule has 1 aliphatic rings. The second-order valence-electron chi connectivity index (χ2n) is 5.68. The van der Waals surface area contributed by atoms with Gasteiger partial charge in [0.15, 0.2) is 0 Å². The number of nitrogens with zero attached hydrogens (tertiary/aromatic N) is 3. The fraction of sp³-hybridized carbons (Fsp3) is 0.500. The van der Waals surface area contributed by atoms with E-state index in [0.29, 0.717) is 0 Å². The van der Waals surface area contributed by atoms with Crippen LogP contribution in [0.3, 0.4) is 0 Å². The Morgan fingerprint density at radius 2 is 1.90 bits per heavy atom. The van der Waals surface area contributed by atoms with Gasteiger partial charge in [0, 0.05) is 61.4 Å². The maximum absolute atomic E-state index is 6.18. The molecule has 20 heavy (non-hydrogen) atoms. The normalized spacial score (nSPS) is 17.9. The van der Waals surface area contributed by atoms with Crippen molar-refractivity contribution in [1.82, 2.24) is 14.4 Å². The number of rotatable bonds is 3. The van der Waals surface area contributed by atoms with Crippen LogP contribution in [0.5, 0.6) is 0 Å². The number of aryl methyl sites for hydroxylation is 1. The molecule has 0 aliphatic carbocycles. The third-order valence-electron chi connectivity index (χ3n) is 4.26. The SMILES string of the molecule is CCn1cc(CN2CCN(C)CC2)c2cc(Cl)ccc21. The average Bonchev–Trinajstić information content (AvgIpc) is 2.79. The van der Waals surface area contributed by atoms with Gasteiger partial charge in [-0.15, -0.1) is 0 Å². The fourth-order valence-electron chi connectivity index (χ4n) is 2.98. The summed E-state index contributed by atoms with van der Waals surface area (Å²) in [5.41, 5.74) is 2.69. The van der Waals surface area contributed by atoms with E-state index in [1.807, 2.05) is 6.07 Å². The summed E-state index contributed by atoms with van der Waals surface area (Å²) in [6.45, 7) is 8.83. The number of halogens is 1. The van der Waals surface area contributed by atoms with Crippen molar-refractivity contribution in [3.05, 3.63) is 35.0 Å². The first-order valence-electron chi connectivity index (χ1n) is 7.35. The maximum atomic E-state index is 6.18. The summed E-state index contributed by atoms with van der Waals surface area (Å²) in [5, 5.41) is 2.13. The molecule has 0 saturated carbocycles. The van der Waals surface area contributed by atoms with Crippen molar-refractivity contribution in [2.24, 2.45) is 0 Å². The minimum absolute atomic E-state index is 0.825. The van der Waals surface area contributed by atoms with Crippen LogP contribution in [0.1, 0.15) is 12.5 Å². The lowest BCUT2D eigenvalue weighted by Crippen LogP contribution is -2.43. The van der Waals surface area contributed by atoms with Gasteiger partial charge in [-0.1, -0.05) is 11.6 Å². The predicted octanol–water partition coefficient (Wildman–Crippen LogP) is 3.06. The Balaban J connectivity index is 1.89. The smallest absolute Gasteiger partial charge is 0.0484 e. The molecule has 108 valence electrons. The maximum Gasteiger partial charge on any atom is 0.0484 e. The van der Waals surface area contributed by atoms with Crippen molar-refractivity contribution in [1.29, 1.82) is 0 Å². The molecule has 0 unspecified atom stereocenters. The number of piperazine rings is 1. The van der Waals surface area contributed by atoms with Crippen molar-refractivity contribution in [2.75, 3.05) is 33.2 Å². The molecule has 1 aliphatic heterocycles. The lowest BCUT2D eigenvalue weighted by molar-refractivity contribution is 0.148. The molecule has 0 bridgehead atoms. The van der Waals surface area contributed by atoms with Crippen molar-refractivity contribution >= 4 is 22.5 Å². The molecule has 4 heteroatoms. The highest BCUT2D eigenvalue weighted by Gasteiger charge is 2.16. The fourth-order valence-corrected chi connectivity index (χ4v) is 3.15. The van der Waals surface area contributed by atoms with Crippen LogP contribution in [-0.4, -0.2) is 47.6 Å². The van der Waals surface area contributed by atoms with E-state index in [2.05, 4.69) is 46.7 Å². The Labute approximate surface area is 125 Å². The molecule has 3 rings (SSSR count). The summed E-state index contributed by atoms with van der Waals surface area (Å²) >= 11 is 6.18. The number of hydrogen-bond acceptors (Lipinski definition) is 2. The van der Waals surface area contributed by atoms with Gasteiger partial charge in [-0.3, -0.25) is 4.90 Å². The summed E-state index contributed by atoms with van der Waals surface area (Å²) < 4.78 is 2.32. The van der Waals surface area contributed by atoms with Crippen LogP contribution in [-0.2, 0) is 13.1 Å². The van der Waals surface area contributed by atoms with Crippen molar-refractivity contribution in [2.45, 2.75) is 20.0 Å². The molecule has 0 N–H and O–H groups in total. The highest BCUT2D eigenvalue weighted by atomic mass is 35.5. The third kappa shape index (κ3) is 2.71. The molecule has 2 aromatic rings. The number of hydrogen-bond donors (Lipinski definition) is 0. The highest BCUT2D eigenvalue weighted by molar-refractivity contribution is 6.31. The molecule has 2 heterocycles. The van der Waals surface area contributed by atoms with E-state index in [0.717, 1.165) is 44.3 Å². The van der Waals surface area contributed by atoms with Gasteiger partial charge in [0.25, 0.3) is 0 Å². The van der Waals surface area contributed by atoms with Crippen LogP contribution in [0.15, 0.2) is 24.4 Å². The summed E-state index contributed by atoms with van der Waals surface area (Å²) in [5.74, 6) is 0. The van der Waals surface area contributed by atoms with E-state index in [4.69, 9.17) is 11.6 Å². The first kappa shape index (κ1) is 13.9. The molecule has 0 radical (unpaired) electrons. The summed E-state index contributed by atoms with van der Waals surface area (Å²) in [7, 11) is 2.19. The predicted molar refractivity (Wildman–Crippen MR) is 85.4 cm³/mol. The highest BCUT2D eigenvalue weighted by Crippen LogP contribution is 2.26. The lowest BCUT2D eigenvalue weighted by Gasteiger charge is -2.32. The van der Waals surface area contributed by atoms with Gasteiger partial charge in [-0.2, -0.15) is 0 Å². The molecular formula is C16H22ClN3. The Bertz CT molecular complexity index is 597. The van der Waals surface area contributed by atoms with Gasteiger partial charge in [-0.25, -0.2) is 0 Å². The van der Waals surface area contributed by atoms with Crippen LogP contribution in [0.2, 0.25) is 5.02 Å². The first-order chi connectivity index (χ1) is 9.67. The van der Waals surface area contributed by atoms with Gasteiger partial charge >= 0.3 is 0 Å². The van der Waals surface area contributed by atoms with Crippen LogP contribution in [0, 0.1) is 0 Å². The zero-order valence-corrected chi connectivity index (χ0v) is 13.0. The molecular weight excluding hydrogens is 270 g/mol. The largest absolute Gasteiger partial charge is 0.347 e. The van der Waals surface area contributed by atoms with E-state index in [1.165, 1.54) is 16.5 Å². The summed E-state index contributed by atoms with van der Waals surface area (Å²) in [6, 6.07) is 6.22. The number of fused-ring (bicyclic) bond motifs is 1. The zero-order chi connectivity index (χ0) is 14.1. The summed E-state index contributed by atoms with van der Waals surface area (Å²) in [6.07, 6.45) is 2.29. The third-order valence-corrected chi connectivity index (χ3v) is 4.49. The molecule has 0 amide bonds. The minimum Gasteiger partial charge on any atom is -0.347 e. The first-order valence-corrected chi connectivity index (χ1v) is 7.73. The average molecular weight is 292 g/mol. The van der Waals surface area contributed by atoms with E-state index in [9.17, 15) is 0 Å². The van der Waals surface area contributed by atoms with Gasteiger partial charge < -0.3 is 9.47 Å². The van der Waals surface area contributed by atoms with Crippen molar-refractivity contribution in [3.63, 3.8) is 0 Å². The molecule has 1 saturated heterocycles. The Morgan fingerprint density at radius 1 is 1.15 bits per heavy atom. The molecule has 1 fully saturated rings. The standard InChI is InChI=1S/C16H22ClN3/c1-3-20-12-13(11-19-8-6-18(2)7-9-19)15-10-14(17)4-5-16(15)20/h4-5,10,12H,3,6-9,11H2,1-2H3. The van der Waals surface area contributed by atoms with Gasteiger partial charge in [0.1, 0.15) is 0 Å². The zero-order valence-electron chi connectivity index (χ0n) is 12.3. The van der Waals surface area contributed by atoms with Crippen LogP contribution in [0.25, 0.3) is 10.9 Å². The van der Waals surface area contributed by atoms with Crippen LogP contribution in [0.4, 0.5) is 0 Å². The topological polar surface area (TPSA) is 11.4 Å². The van der Waals surface area contributed by atoms with E-state index >= 15 is 0 Å². The van der Waals surface area contributed by atoms with Gasteiger partial charge in [0.2, 0.25) is 0 Å². The Hall–Kier alpha value is -1.03. The summed E-state index contributed by atoms with van der Waals surface area (Å²) in [4.78, 5) is 4.93. The Kier molecular flexibility index (Phi) is 4.01. The van der Waals surface area contributed by atoms with E-state index < -0.39 is 0 Å². The number of benzene rings is 1. The number of aromatic nitrogens is 1. The van der Waals surface area contributed by atoms with Gasteiger partial charge in [-0.05, 0) is 37.7 Å². The minimum atomic E-state index is 0.825. The van der Waals surface area contributed by atoms with Gasteiger partial charge in [0.05, 0.1) is 0 Å². The van der Waals surface area contributed by atoms with Crippen LogP contribution >= 0.6 is 11.6 Å². The molecule has 1 aromatic heterocycles. The molecule has 1 aromatic carbocycles. The quantitative estimate of drug-likeness (QED) is 0.861. The van der Waals surface area contributed by atoms with E-state index in [1.54, 1.807) is 0 Å². The van der Waals surface area contributed by atoms with Crippen molar-refractivity contribution < 1.29 is 0 Å². The lowest BCUT2D eigenvalue weighted by atomic mass is 10.1. The molecule has 0 atom stereocenters. The monoisotopic (exact) mass is 291 g/mol. The number of likely N-dealkylation sites (N-methyl/N-ethyl adjacent to an activating group) is 1. The molecule has 0 spiro atoms. The van der Waals surface area contributed by atoms with E-state index in [-0.39, 0.29) is 0 Å². The molecule has 3 nitrogen and oxygen atoms in total. The second-order valence-corrected chi connectivity index (χ2v) is 6.12. The van der Waals surface area contributed by atoms with Crippen LogP contribution < -0.4 is 0 Å². The second kappa shape index (κ2) is 5.76. The Morgan fingerprint density at radius 3 is 2.60 bits per heavy atom.